The van der Waals surface area contributed by atoms with Crippen molar-refractivity contribution in [1.82, 2.24) is 9.13 Å². The Labute approximate surface area is 475 Å². The fourth-order valence-electron chi connectivity index (χ4n) is 12.0. The number of rotatable bonds is 8. The van der Waals surface area contributed by atoms with Crippen LogP contribution in [0.5, 0.6) is 0 Å². The van der Waals surface area contributed by atoms with Gasteiger partial charge in [-0.1, -0.05) is 146 Å². The Hall–Kier alpha value is -11.7. The average molecular weight is 1070 g/mol. The second-order valence-electron chi connectivity index (χ2n) is 20.2. The molecule has 0 aliphatic rings. The molecule has 0 atom stereocenters. The number of hydrogen-bond donors (Lipinski definition) is 0. The number of nitriles is 1. The molecule has 11 aromatic carbocycles. The molecule has 2 heterocycles. The Morgan fingerprint density at radius 3 is 1.23 bits per heavy atom. The Morgan fingerprint density at radius 2 is 0.771 bits per heavy atom. The van der Waals surface area contributed by atoms with Crippen molar-refractivity contribution in [2.45, 2.75) is 13.1 Å². The molecule has 388 valence electrons. The molecule has 0 saturated carbocycles. The SMILES string of the molecule is [C-]#[N+]c1ccccc1-c1ccc2c(c1)c1cc(-c3ccccc3[N+]#[C-])ccc1n2-c1ccc(-c2c(C)cccc2C(F)(F)F)cc1-c1c([N+]#[C-])cccc1-n1c2ccc(-c3ccccc3C#N)cc2c2cc(-c3ccccc3[N+]#[C-])ccc21. The maximum Gasteiger partial charge on any atom is 0.417 e. The highest BCUT2D eigenvalue weighted by Gasteiger charge is 2.35. The molecule has 0 spiro atoms. The van der Waals surface area contributed by atoms with E-state index in [-0.39, 0.29) is 11.3 Å². The van der Waals surface area contributed by atoms with Gasteiger partial charge in [0, 0.05) is 32.8 Å². The van der Waals surface area contributed by atoms with Gasteiger partial charge in [-0.05, 0) is 153 Å². The van der Waals surface area contributed by atoms with Crippen LogP contribution >= 0.6 is 0 Å². The lowest BCUT2D eigenvalue weighted by Crippen LogP contribution is -2.08. The van der Waals surface area contributed by atoms with Crippen LogP contribution in [0.3, 0.4) is 0 Å². The highest BCUT2D eigenvalue weighted by molar-refractivity contribution is 6.15. The zero-order valence-corrected chi connectivity index (χ0v) is 44.1. The number of aromatic nitrogens is 2. The number of hydrogen-bond acceptors (Lipinski definition) is 1. The van der Waals surface area contributed by atoms with Crippen molar-refractivity contribution in [2.24, 2.45) is 0 Å². The van der Waals surface area contributed by atoms with Gasteiger partial charge in [-0.3, -0.25) is 0 Å². The van der Waals surface area contributed by atoms with E-state index in [0.717, 1.165) is 94.2 Å². The third kappa shape index (κ3) is 8.41. The first-order valence-corrected chi connectivity index (χ1v) is 26.4. The number of aryl methyl sites for hydroxylation is 1. The van der Waals surface area contributed by atoms with Crippen molar-refractivity contribution in [3.8, 4) is 84.2 Å². The van der Waals surface area contributed by atoms with Crippen LogP contribution in [-0.4, -0.2) is 9.13 Å². The minimum absolute atomic E-state index is 0.0114. The van der Waals surface area contributed by atoms with Crippen LogP contribution in [0.15, 0.2) is 224 Å². The Kier molecular flexibility index (Phi) is 12.3. The van der Waals surface area contributed by atoms with E-state index in [4.69, 9.17) is 26.3 Å². The molecule has 0 aliphatic heterocycles. The second-order valence-corrected chi connectivity index (χ2v) is 20.2. The molecule has 0 saturated heterocycles. The van der Waals surface area contributed by atoms with Crippen molar-refractivity contribution in [2.75, 3.05) is 0 Å². The fourth-order valence-corrected chi connectivity index (χ4v) is 12.0. The van der Waals surface area contributed by atoms with Gasteiger partial charge in [-0.15, -0.1) is 0 Å². The van der Waals surface area contributed by atoms with Gasteiger partial charge in [0.15, 0.2) is 22.7 Å². The van der Waals surface area contributed by atoms with Gasteiger partial charge in [0.1, 0.15) is 0 Å². The Morgan fingerprint density at radius 1 is 0.373 bits per heavy atom. The van der Waals surface area contributed by atoms with E-state index in [1.54, 1.807) is 55.5 Å². The number of fused-ring (bicyclic) bond motifs is 6. The third-order valence-electron chi connectivity index (χ3n) is 15.7. The number of nitrogens with zero attached hydrogens (tertiary/aromatic N) is 7. The van der Waals surface area contributed by atoms with Gasteiger partial charge in [0.05, 0.1) is 71.2 Å². The van der Waals surface area contributed by atoms with Crippen molar-refractivity contribution in [1.29, 1.82) is 5.26 Å². The summed E-state index contributed by atoms with van der Waals surface area (Å²) in [5.74, 6) is 0. The van der Waals surface area contributed by atoms with E-state index in [0.29, 0.717) is 56.3 Å². The molecule has 13 aromatic rings. The van der Waals surface area contributed by atoms with Crippen molar-refractivity contribution in [3.05, 3.63) is 287 Å². The fraction of sp³-hybridized carbons (Fsp3) is 0.0274. The van der Waals surface area contributed by atoms with Crippen LogP contribution in [0, 0.1) is 44.5 Å². The first kappa shape index (κ1) is 50.7. The number of alkyl halides is 3. The molecule has 0 N–H and O–H groups in total. The molecular formula is C73H40F3N7. The summed E-state index contributed by atoms with van der Waals surface area (Å²) >= 11 is 0. The lowest BCUT2D eigenvalue weighted by molar-refractivity contribution is -0.137. The molecule has 83 heavy (non-hydrogen) atoms. The van der Waals surface area contributed by atoms with E-state index in [2.05, 4.69) is 58.8 Å². The zero-order chi connectivity index (χ0) is 57.1. The van der Waals surface area contributed by atoms with Crippen molar-refractivity contribution >= 4 is 66.4 Å². The van der Waals surface area contributed by atoms with Crippen LogP contribution in [0.4, 0.5) is 35.9 Å². The van der Waals surface area contributed by atoms with Crippen LogP contribution < -0.4 is 0 Å². The molecule has 0 fully saturated rings. The molecule has 13 rings (SSSR count). The standard InChI is InChI=1S/C73H40F3N7/c1-44-16-14-22-60(73(74,75)76)71(44)49-32-37-69(82-65-34-29-46(52-19-8-11-23-61(52)78-2)39-56(65)57-40-47(30-35-66(57)82)53-20-9-12-24-62(53)79-3)59(42-49)72-64(81-5)26-15-27-70(72)83-67-33-28-45(51-18-7-6-17-50(51)43-77)38-55(67)58-41-48(31-36-68(58)83)54-21-10-13-25-63(54)80-4/h6-42H,1H3. The molecule has 0 bridgehead atoms. The van der Waals surface area contributed by atoms with Gasteiger partial charge < -0.3 is 9.13 Å². The second kappa shape index (κ2) is 20.2. The summed E-state index contributed by atoms with van der Waals surface area (Å²) in [6, 6.07) is 71.2. The van der Waals surface area contributed by atoms with E-state index in [9.17, 15) is 5.26 Å². The molecule has 10 heteroatoms. The topological polar surface area (TPSA) is 51.1 Å². The molecule has 2 aromatic heterocycles. The highest BCUT2D eigenvalue weighted by Crippen LogP contribution is 2.49. The van der Waals surface area contributed by atoms with Gasteiger partial charge in [-0.2, -0.15) is 18.4 Å². The predicted octanol–water partition coefficient (Wildman–Crippen LogP) is 21.3. The Bertz CT molecular complexity index is 4890. The molecule has 7 nitrogen and oxygen atoms in total. The predicted molar refractivity (Wildman–Crippen MR) is 327 cm³/mol. The third-order valence-corrected chi connectivity index (χ3v) is 15.7. The van der Waals surface area contributed by atoms with Crippen LogP contribution in [0.25, 0.3) is 141 Å². The summed E-state index contributed by atoms with van der Waals surface area (Å²) in [7, 11) is 0. The number of benzene rings is 11. The maximum absolute atomic E-state index is 15.3. The minimum atomic E-state index is -4.70. The van der Waals surface area contributed by atoms with Gasteiger partial charge in [0.25, 0.3) is 0 Å². The average Bonchev–Trinajstić information content (AvgIpc) is 2.36. The number of para-hydroxylation sites is 3. The zero-order valence-electron chi connectivity index (χ0n) is 44.1. The van der Waals surface area contributed by atoms with Crippen LogP contribution in [0.2, 0.25) is 0 Å². The van der Waals surface area contributed by atoms with E-state index >= 15 is 13.2 Å². The van der Waals surface area contributed by atoms with Crippen LogP contribution in [0.1, 0.15) is 16.7 Å². The molecular weight excluding hydrogens is 1030 g/mol. The molecule has 0 amide bonds. The molecule has 0 unspecified atom stereocenters. The largest absolute Gasteiger partial charge is 0.417 e. The summed E-state index contributed by atoms with van der Waals surface area (Å²) in [6.45, 7) is 34.7. The summed E-state index contributed by atoms with van der Waals surface area (Å²) < 4.78 is 50.1. The highest BCUT2D eigenvalue weighted by atomic mass is 19.4. The van der Waals surface area contributed by atoms with Gasteiger partial charge in [-0.25, -0.2) is 19.4 Å². The molecule has 0 radical (unpaired) electrons. The Balaban J connectivity index is 1.15. The maximum atomic E-state index is 15.3. The van der Waals surface area contributed by atoms with Gasteiger partial charge in [0.2, 0.25) is 0 Å². The number of halogens is 3. The monoisotopic (exact) mass is 1070 g/mol. The van der Waals surface area contributed by atoms with E-state index in [1.807, 2.05) is 140 Å². The summed E-state index contributed by atoms with van der Waals surface area (Å²) in [5.41, 5.74) is 13.4. The quantitative estimate of drug-likeness (QED) is 0.140. The first-order chi connectivity index (χ1) is 40.5. The lowest BCUT2D eigenvalue weighted by Gasteiger charge is -2.22. The van der Waals surface area contributed by atoms with Crippen LogP contribution in [-0.2, 0) is 6.18 Å². The van der Waals surface area contributed by atoms with E-state index < -0.39 is 11.7 Å². The van der Waals surface area contributed by atoms with E-state index in [1.165, 1.54) is 6.07 Å². The smallest absolute Gasteiger partial charge is 0.310 e. The van der Waals surface area contributed by atoms with Gasteiger partial charge >= 0.3 is 6.18 Å². The van der Waals surface area contributed by atoms with Crippen molar-refractivity contribution < 1.29 is 13.2 Å². The minimum Gasteiger partial charge on any atom is -0.310 e. The first-order valence-electron chi connectivity index (χ1n) is 26.4. The lowest BCUT2D eigenvalue weighted by atomic mass is 9.90. The normalized spacial score (nSPS) is 11.3. The summed E-state index contributed by atoms with van der Waals surface area (Å²) in [6.07, 6.45) is -4.70. The van der Waals surface area contributed by atoms with Crippen molar-refractivity contribution in [3.63, 3.8) is 0 Å². The summed E-state index contributed by atoms with van der Waals surface area (Å²) in [5, 5.41) is 13.5. The molecule has 0 aliphatic carbocycles. The summed E-state index contributed by atoms with van der Waals surface area (Å²) in [4.78, 5) is 15.8.